The van der Waals surface area contributed by atoms with Gasteiger partial charge < -0.3 is 96.5 Å². The molecule has 31 nitrogen and oxygen atoms in total. The summed E-state index contributed by atoms with van der Waals surface area (Å²) in [7, 11) is 0. The van der Waals surface area contributed by atoms with E-state index in [-0.39, 0.29) is 69.7 Å². The molecule has 85 heavy (non-hydrogen) atoms. The van der Waals surface area contributed by atoms with Crippen LogP contribution in [0.3, 0.4) is 0 Å². The van der Waals surface area contributed by atoms with Gasteiger partial charge in [-0.1, -0.05) is 78.3 Å². The van der Waals surface area contributed by atoms with Crippen molar-refractivity contribution in [3.05, 3.63) is 35.9 Å². The molecule has 11 atom stereocenters. The Labute approximate surface area is 494 Å². The predicted molar refractivity (Wildman–Crippen MR) is 308 cm³/mol. The molecule has 0 heterocycles. The minimum Gasteiger partial charge on any atom is -0.481 e. The number of carbonyl (C=O) groups is 12. The standard InChI is InChI=1S/C54H91N15O16/c1-7-30(6)43(52(83)67-37(23-29(4)5)47(78)63-35(53(84)85)16-11-12-20-55)69-46(77)33(17-13-21-60-54(58)59)62-50(81)39(25-42(73)74)66-49(80)38(24-31-14-9-8-10-15-31)65-51(82)40(27-71)68-48(79)36(22-28(2)3)64-45(76)34(18-19-41(57)72)61-44(75)32(56)26-70/h8-10,14-15,28-30,32-40,43,70-71H,7,11-13,16-27,55-56H2,1-6H3,(H2,57,72)(H,61,75)(H,62,81)(H,63,78)(H,64,76)(H,65,82)(H,66,80)(H,67,83)(H,68,79)(H,69,77)(H,73,74)(H,84,85)(H4,58,59,60)/t30-,32-,33-,34-,35-,36-,37-,38-,39-,40-,43-/m0/s1. The Kier molecular flexibility index (Phi) is 34.8. The molecule has 1 aromatic rings. The number of rotatable bonds is 42. The number of nitrogens with one attached hydrogen (secondary N) is 11. The van der Waals surface area contributed by atoms with Gasteiger partial charge in [-0.2, -0.15) is 0 Å². The number of aliphatic hydroxyl groups excluding tert-OH is 2. The average Bonchev–Trinajstić information content (AvgIpc) is 3.53. The van der Waals surface area contributed by atoms with Crippen molar-refractivity contribution in [1.82, 2.24) is 53.2 Å². The molecule has 0 aliphatic carbocycles. The van der Waals surface area contributed by atoms with Crippen molar-refractivity contribution in [3.8, 4) is 0 Å². The van der Waals surface area contributed by atoms with Crippen molar-refractivity contribution in [2.75, 3.05) is 26.3 Å². The first kappa shape index (κ1) is 75.0. The Morgan fingerprint density at radius 3 is 1.48 bits per heavy atom. The molecular weight excluding hydrogens is 1110 g/mol. The fourth-order valence-corrected chi connectivity index (χ4v) is 8.36. The number of aliphatic hydroxyl groups is 2. The van der Waals surface area contributed by atoms with E-state index in [9.17, 15) is 78.0 Å². The number of primary amides is 1. The molecule has 0 bridgehead atoms. The van der Waals surface area contributed by atoms with Crippen molar-refractivity contribution >= 4 is 77.0 Å². The largest absolute Gasteiger partial charge is 0.481 e. The zero-order chi connectivity index (χ0) is 64.5. The van der Waals surface area contributed by atoms with Crippen molar-refractivity contribution in [1.29, 1.82) is 5.41 Å². The first-order chi connectivity index (χ1) is 40.0. The number of carboxylic acids is 2. The average molecular weight is 1210 g/mol. The highest BCUT2D eigenvalue weighted by molar-refractivity contribution is 5.99. The topological polar surface area (TPSA) is 534 Å². The third kappa shape index (κ3) is 29.4. The monoisotopic (exact) mass is 1210 g/mol. The molecule has 1 aromatic carbocycles. The van der Waals surface area contributed by atoms with E-state index in [1.807, 2.05) is 0 Å². The molecule has 0 aliphatic heterocycles. The molecule has 478 valence electrons. The first-order valence-electron chi connectivity index (χ1n) is 28.2. The summed E-state index contributed by atoms with van der Waals surface area (Å²) in [6.45, 7) is 8.72. The van der Waals surface area contributed by atoms with E-state index in [4.69, 9.17) is 28.3 Å². The summed E-state index contributed by atoms with van der Waals surface area (Å²) in [6, 6.07) is -7.31. The van der Waals surface area contributed by atoms with Crippen LogP contribution in [0.2, 0.25) is 0 Å². The van der Waals surface area contributed by atoms with Gasteiger partial charge in [-0.25, -0.2) is 4.79 Å². The second-order valence-electron chi connectivity index (χ2n) is 21.5. The predicted octanol–water partition coefficient (Wildman–Crippen LogP) is -4.74. The lowest BCUT2D eigenvalue weighted by Crippen LogP contribution is -2.62. The summed E-state index contributed by atoms with van der Waals surface area (Å²) in [5.41, 5.74) is 22.3. The quantitative estimate of drug-likeness (QED) is 0.0166. The fourth-order valence-electron chi connectivity index (χ4n) is 8.36. The number of nitrogens with two attached hydrogens (primary N) is 4. The maximum absolute atomic E-state index is 14.3. The van der Waals surface area contributed by atoms with Gasteiger partial charge in [-0.3, -0.25) is 58.1 Å². The summed E-state index contributed by atoms with van der Waals surface area (Å²) in [5, 5.41) is 71.8. The third-order valence-electron chi connectivity index (χ3n) is 13.2. The Morgan fingerprint density at radius 2 is 0.976 bits per heavy atom. The van der Waals surface area contributed by atoms with Gasteiger partial charge in [0.1, 0.15) is 60.4 Å². The van der Waals surface area contributed by atoms with Crippen molar-refractivity contribution in [2.45, 2.75) is 179 Å². The Bertz CT molecular complexity index is 2400. The number of hydrogen-bond donors (Lipinski definition) is 19. The molecule has 0 aromatic heterocycles. The molecule has 31 heteroatoms. The second-order valence-corrected chi connectivity index (χ2v) is 21.5. The molecule has 0 fully saturated rings. The maximum Gasteiger partial charge on any atom is 0.326 e. The van der Waals surface area contributed by atoms with E-state index in [1.165, 1.54) is 0 Å². The zero-order valence-electron chi connectivity index (χ0n) is 49.2. The van der Waals surface area contributed by atoms with Gasteiger partial charge >= 0.3 is 11.9 Å². The van der Waals surface area contributed by atoms with Crippen LogP contribution in [0.4, 0.5) is 0 Å². The Morgan fingerprint density at radius 1 is 0.529 bits per heavy atom. The van der Waals surface area contributed by atoms with E-state index in [0.717, 1.165) is 0 Å². The summed E-state index contributed by atoms with van der Waals surface area (Å²) in [6.07, 6.45) is -1.05. The van der Waals surface area contributed by atoms with Gasteiger partial charge in [-0.15, -0.1) is 0 Å². The number of carboxylic acid groups (broad SMARTS) is 2. The highest BCUT2D eigenvalue weighted by Crippen LogP contribution is 2.15. The van der Waals surface area contributed by atoms with Crippen molar-refractivity contribution in [2.24, 2.45) is 40.7 Å². The number of benzene rings is 1. The van der Waals surface area contributed by atoms with Crippen LogP contribution in [-0.2, 0) is 64.0 Å². The Hall–Kier alpha value is -8.03. The van der Waals surface area contributed by atoms with Crippen LogP contribution in [0.15, 0.2) is 30.3 Å². The minimum atomic E-state index is -1.97. The highest BCUT2D eigenvalue weighted by Gasteiger charge is 2.37. The molecule has 0 aliphatic rings. The van der Waals surface area contributed by atoms with Crippen LogP contribution >= 0.6 is 0 Å². The van der Waals surface area contributed by atoms with Crippen LogP contribution in [0, 0.1) is 23.2 Å². The van der Waals surface area contributed by atoms with Crippen molar-refractivity contribution in [3.63, 3.8) is 0 Å². The van der Waals surface area contributed by atoms with Crippen LogP contribution in [0.25, 0.3) is 0 Å². The van der Waals surface area contributed by atoms with Crippen molar-refractivity contribution < 1.29 is 78.0 Å². The number of guanidine groups is 1. The summed E-state index contributed by atoms with van der Waals surface area (Å²) < 4.78 is 0. The Balaban J connectivity index is 3.64. The molecule has 0 saturated carbocycles. The number of carbonyl (C=O) groups excluding carboxylic acids is 10. The van der Waals surface area contributed by atoms with E-state index >= 15 is 0 Å². The SMILES string of the molecule is CC[C@H](C)[C@H](NC(=O)[C@H](CCCNC(=N)N)NC(=O)[C@H](CC(=O)O)NC(=O)[C@H](Cc1ccccc1)NC(=O)[C@H](CO)NC(=O)[C@H](CC(C)C)NC(=O)[C@H](CCC(N)=O)NC(=O)[C@@H](N)CO)C(=O)N[C@@H](CC(C)C)C(=O)N[C@@H](CCCCN)C(=O)O. The molecule has 10 amide bonds. The van der Waals surface area contributed by atoms with Gasteiger partial charge in [-0.05, 0) is 81.2 Å². The lowest BCUT2D eigenvalue weighted by molar-refractivity contribution is -0.143. The zero-order valence-corrected chi connectivity index (χ0v) is 49.2. The molecular formula is C54H91N15O16. The normalized spacial score (nSPS) is 15.0. The van der Waals surface area contributed by atoms with Gasteiger partial charge in [0.25, 0.3) is 0 Å². The fraction of sp³-hybridized carbons (Fsp3) is 0.648. The number of hydrogen-bond acceptors (Lipinski definition) is 17. The lowest BCUT2D eigenvalue weighted by Gasteiger charge is -2.30. The van der Waals surface area contributed by atoms with Crippen LogP contribution in [-0.4, -0.2) is 184 Å². The van der Waals surface area contributed by atoms with E-state index in [1.54, 1.807) is 71.9 Å². The third-order valence-corrected chi connectivity index (χ3v) is 13.2. The molecule has 0 spiro atoms. The molecule has 0 radical (unpaired) electrons. The van der Waals surface area contributed by atoms with Crippen LogP contribution in [0.1, 0.15) is 118 Å². The maximum atomic E-state index is 14.3. The lowest BCUT2D eigenvalue weighted by atomic mass is 9.96. The van der Waals surface area contributed by atoms with E-state index in [2.05, 4.69) is 53.2 Å². The smallest absolute Gasteiger partial charge is 0.326 e. The number of amides is 10. The van der Waals surface area contributed by atoms with Crippen LogP contribution < -0.4 is 76.1 Å². The summed E-state index contributed by atoms with van der Waals surface area (Å²) >= 11 is 0. The number of unbranched alkanes of at least 4 members (excludes halogenated alkanes) is 1. The van der Waals surface area contributed by atoms with Gasteiger partial charge in [0.05, 0.1) is 19.6 Å². The molecule has 23 N–H and O–H groups in total. The van der Waals surface area contributed by atoms with Gasteiger partial charge in [0.15, 0.2) is 5.96 Å². The molecule has 0 saturated heterocycles. The van der Waals surface area contributed by atoms with Gasteiger partial charge in [0, 0.05) is 19.4 Å². The second kappa shape index (κ2) is 39.5. The van der Waals surface area contributed by atoms with Gasteiger partial charge in [0.2, 0.25) is 59.1 Å². The molecule has 1 rings (SSSR count). The van der Waals surface area contributed by atoms with E-state index < -0.39 is 163 Å². The summed E-state index contributed by atoms with van der Waals surface area (Å²) in [4.78, 5) is 161. The first-order valence-corrected chi connectivity index (χ1v) is 28.2. The summed E-state index contributed by atoms with van der Waals surface area (Å²) in [5.74, 6) is -14.3. The number of aliphatic carboxylic acids is 2. The molecule has 0 unspecified atom stereocenters. The van der Waals surface area contributed by atoms with Crippen LogP contribution in [0.5, 0.6) is 0 Å². The van der Waals surface area contributed by atoms with E-state index in [0.29, 0.717) is 31.4 Å². The minimum absolute atomic E-state index is 0.00149. The highest BCUT2D eigenvalue weighted by atomic mass is 16.4.